The molecule has 4 atom stereocenters. The number of hydrogen-bond donors (Lipinski definition) is 0. The molecular weight excluding hydrogens is 456 g/mol. The summed E-state index contributed by atoms with van der Waals surface area (Å²) < 4.78 is 13.4. The van der Waals surface area contributed by atoms with Crippen molar-refractivity contribution in [2.45, 2.75) is 85.1 Å². The van der Waals surface area contributed by atoms with E-state index in [0.717, 1.165) is 22.3 Å². The minimum Gasteiger partial charge on any atom is -0.474 e. The predicted molar refractivity (Wildman–Crippen MR) is 156 cm³/mol. The maximum atomic E-state index is 6.71. The first-order valence-electron chi connectivity index (χ1n) is 13.3. The molecule has 0 fully saturated rings. The molecule has 37 heavy (non-hydrogen) atoms. The Hall–Kier alpha value is -3.14. The SMILES string of the molecule is C=Cc1ccc(C(C2=NC(C(C)(C)C)C(C)O2)(C2=NC(C(C)(C)C)C(C)O2)c2ccc(C=C)cc2)cc1. The van der Waals surface area contributed by atoms with Gasteiger partial charge in [0, 0.05) is 0 Å². The van der Waals surface area contributed by atoms with E-state index in [9.17, 15) is 0 Å². The maximum absolute atomic E-state index is 6.71. The van der Waals surface area contributed by atoms with Gasteiger partial charge in [0.15, 0.2) is 5.41 Å². The molecule has 4 rings (SSSR count). The lowest BCUT2D eigenvalue weighted by atomic mass is 9.73. The van der Waals surface area contributed by atoms with Crippen LogP contribution in [0.3, 0.4) is 0 Å². The second-order valence-corrected chi connectivity index (χ2v) is 12.5. The first kappa shape index (κ1) is 26.9. The van der Waals surface area contributed by atoms with Crippen LogP contribution in [0.4, 0.5) is 0 Å². The molecule has 2 aromatic rings. The van der Waals surface area contributed by atoms with Crippen molar-refractivity contribution in [2.75, 3.05) is 0 Å². The summed E-state index contributed by atoms with van der Waals surface area (Å²) in [6, 6.07) is 16.8. The monoisotopic (exact) mass is 498 g/mol. The summed E-state index contributed by atoms with van der Waals surface area (Å²) in [5.74, 6) is 1.27. The highest BCUT2D eigenvalue weighted by Crippen LogP contribution is 2.45. The van der Waals surface area contributed by atoms with Gasteiger partial charge in [-0.15, -0.1) is 0 Å². The summed E-state index contributed by atoms with van der Waals surface area (Å²) in [5, 5.41) is 0. The largest absolute Gasteiger partial charge is 0.474 e. The lowest BCUT2D eigenvalue weighted by Gasteiger charge is -2.34. The van der Waals surface area contributed by atoms with E-state index in [0.29, 0.717) is 11.8 Å². The van der Waals surface area contributed by atoms with Gasteiger partial charge < -0.3 is 9.47 Å². The fourth-order valence-electron chi connectivity index (χ4n) is 5.66. The third-order valence-electron chi connectivity index (χ3n) is 7.57. The van der Waals surface area contributed by atoms with Crippen LogP contribution < -0.4 is 0 Å². The first-order valence-corrected chi connectivity index (χ1v) is 13.3. The van der Waals surface area contributed by atoms with Gasteiger partial charge in [0.25, 0.3) is 0 Å². The van der Waals surface area contributed by atoms with Crippen molar-refractivity contribution in [1.29, 1.82) is 0 Å². The zero-order valence-electron chi connectivity index (χ0n) is 23.7. The highest BCUT2D eigenvalue weighted by molar-refractivity contribution is 6.15. The van der Waals surface area contributed by atoms with Crippen LogP contribution in [0.2, 0.25) is 0 Å². The molecule has 2 aliphatic heterocycles. The van der Waals surface area contributed by atoms with Crippen LogP contribution >= 0.6 is 0 Å². The highest BCUT2D eigenvalue weighted by Gasteiger charge is 2.55. The van der Waals surface area contributed by atoms with Gasteiger partial charge in [0.05, 0.1) is 12.1 Å². The molecule has 0 aliphatic carbocycles. The minimum absolute atomic E-state index is 0.000360. The molecule has 0 bridgehead atoms. The van der Waals surface area contributed by atoms with Gasteiger partial charge in [-0.2, -0.15) is 0 Å². The molecule has 2 heterocycles. The Labute approximate surface area is 223 Å². The molecule has 0 N–H and O–H groups in total. The van der Waals surface area contributed by atoms with Crippen LogP contribution in [0.1, 0.15) is 77.6 Å². The van der Waals surface area contributed by atoms with E-state index in [4.69, 9.17) is 19.5 Å². The molecule has 0 spiro atoms. The molecule has 0 amide bonds. The number of benzene rings is 2. The molecule has 196 valence electrons. The molecule has 2 aromatic carbocycles. The third kappa shape index (κ3) is 4.79. The lowest BCUT2D eigenvalue weighted by Crippen LogP contribution is -2.46. The molecule has 2 aliphatic rings. The van der Waals surface area contributed by atoms with Crippen LogP contribution in [-0.4, -0.2) is 36.1 Å². The smallest absolute Gasteiger partial charge is 0.209 e. The zero-order valence-corrected chi connectivity index (χ0v) is 23.7. The Bertz CT molecular complexity index is 1110. The van der Waals surface area contributed by atoms with Gasteiger partial charge in [-0.1, -0.05) is 115 Å². The second-order valence-electron chi connectivity index (χ2n) is 12.5. The zero-order chi connectivity index (χ0) is 27.2. The average molecular weight is 499 g/mol. The van der Waals surface area contributed by atoms with Crippen molar-refractivity contribution < 1.29 is 9.47 Å². The molecule has 0 aromatic heterocycles. The number of rotatable bonds is 6. The van der Waals surface area contributed by atoms with Crippen LogP contribution in [0.25, 0.3) is 12.2 Å². The summed E-state index contributed by atoms with van der Waals surface area (Å²) in [6.45, 7) is 25.4. The van der Waals surface area contributed by atoms with Gasteiger partial charge in [0.1, 0.15) is 12.2 Å². The first-order chi connectivity index (χ1) is 17.3. The molecule has 4 nitrogen and oxygen atoms in total. The van der Waals surface area contributed by atoms with E-state index in [1.807, 2.05) is 12.2 Å². The molecule has 4 unspecified atom stereocenters. The number of ether oxygens (including phenoxy) is 2. The quantitative estimate of drug-likeness (QED) is 0.409. The highest BCUT2D eigenvalue weighted by atomic mass is 16.5. The predicted octanol–water partition coefficient (Wildman–Crippen LogP) is 7.72. The third-order valence-corrected chi connectivity index (χ3v) is 7.57. The van der Waals surface area contributed by atoms with Gasteiger partial charge >= 0.3 is 0 Å². The second kappa shape index (κ2) is 9.63. The average Bonchev–Trinajstić information content (AvgIpc) is 3.44. The van der Waals surface area contributed by atoms with Crippen LogP contribution in [-0.2, 0) is 14.9 Å². The standard InChI is InChI=1S/C33H42N2O2/c1-11-23-13-17-25(18-14-23)33(26-19-15-24(12-2)16-20-26,29-34-27(21(3)36-29)31(5,6)7)30-35-28(22(4)37-30)32(8,9)10/h11-22,27-28H,1-2H2,3-10H3. The van der Waals surface area contributed by atoms with Crippen molar-refractivity contribution in [3.63, 3.8) is 0 Å². The van der Waals surface area contributed by atoms with E-state index < -0.39 is 5.41 Å². The van der Waals surface area contributed by atoms with Gasteiger partial charge in [-0.3, -0.25) is 0 Å². The fourth-order valence-corrected chi connectivity index (χ4v) is 5.66. The van der Waals surface area contributed by atoms with Gasteiger partial charge in [-0.05, 0) is 46.9 Å². The molecule has 0 saturated carbocycles. The van der Waals surface area contributed by atoms with Crippen LogP contribution in [0, 0.1) is 10.8 Å². The summed E-state index contributed by atoms with van der Waals surface area (Å²) in [7, 11) is 0. The van der Waals surface area contributed by atoms with Crippen LogP contribution in [0.15, 0.2) is 71.7 Å². The van der Waals surface area contributed by atoms with Crippen molar-refractivity contribution >= 4 is 23.9 Å². The Morgan fingerprint density at radius 2 is 0.946 bits per heavy atom. The number of nitrogens with zero attached hydrogens (tertiary/aromatic N) is 2. The summed E-state index contributed by atoms with van der Waals surface area (Å²) in [4.78, 5) is 10.6. The van der Waals surface area contributed by atoms with E-state index in [1.165, 1.54) is 0 Å². The van der Waals surface area contributed by atoms with Gasteiger partial charge in [-0.25, -0.2) is 9.98 Å². The van der Waals surface area contributed by atoms with Crippen LogP contribution in [0.5, 0.6) is 0 Å². The van der Waals surface area contributed by atoms with Gasteiger partial charge in [0.2, 0.25) is 11.8 Å². The maximum Gasteiger partial charge on any atom is 0.209 e. The molecule has 4 heteroatoms. The summed E-state index contributed by atoms with van der Waals surface area (Å²) in [6.07, 6.45) is 3.55. The molecule has 0 radical (unpaired) electrons. The molecular formula is C33H42N2O2. The fraction of sp³-hybridized carbons (Fsp3) is 0.455. The van der Waals surface area contributed by atoms with Crippen molar-refractivity contribution in [3.8, 4) is 0 Å². The minimum atomic E-state index is -0.929. The topological polar surface area (TPSA) is 43.2 Å². The van der Waals surface area contributed by atoms with Crippen molar-refractivity contribution in [3.05, 3.63) is 83.9 Å². The van der Waals surface area contributed by atoms with Crippen molar-refractivity contribution in [2.24, 2.45) is 20.8 Å². The summed E-state index contributed by atoms with van der Waals surface area (Å²) in [5.41, 5.74) is 3.05. The Kier molecular flexibility index (Phi) is 7.00. The van der Waals surface area contributed by atoms with E-state index in [-0.39, 0.29) is 35.1 Å². The Balaban J connectivity index is 2.06. The van der Waals surface area contributed by atoms with Crippen molar-refractivity contribution in [1.82, 2.24) is 0 Å². The van der Waals surface area contributed by atoms with E-state index in [1.54, 1.807) is 0 Å². The Morgan fingerprint density at radius 1 is 0.622 bits per heavy atom. The lowest BCUT2D eigenvalue weighted by molar-refractivity contribution is 0.140. The normalized spacial score (nSPS) is 24.1. The number of hydrogen-bond acceptors (Lipinski definition) is 4. The number of aliphatic imine (C=N–C) groups is 2. The summed E-state index contributed by atoms with van der Waals surface area (Å²) >= 11 is 0. The Morgan fingerprint density at radius 3 is 1.19 bits per heavy atom. The van der Waals surface area contributed by atoms with E-state index >= 15 is 0 Å². The van der Waals surface area contributed by atoms with E-state index in [2.05, 4.69) is 117 Å². The molecule has 0 saturated heterocycles.